The Hall–Kier alpha value is -4.20. The second-order valence-corrected chi connectivity index (χ2v) is 12.8. The molecule has 230 valence electrons. The fraction of sp³-hybridized carbons (Fsp3) is 0.429. The summed E-state index contributed by atoms with van der Waals surface area (Å²) >= 11 is 0. The minimum atomic E-state index is -1.01. The van der Waals surface area contributed by atoms with E-state index in [0.29, 0.717) is 0 Å². The van der Waals surface area contributed by atoms with Crippen molar-refractivity contribution < 1.29 is 28.6 Å². The number of carbonyl (C=O) groups is 3. The topological polar surface area (TPSA) is 104 Å². The lowest BCUT2D eigenvalue weighted by Gasteiger charge is -2.28. The quantitative estimate of drug-likeness (QED) is 0.285. The second-order valence-electron chi connectivity index (χ2n) is 12.8. The zero-order valence-electron chi connectivity index (χ0n) is 26.9. The van der Waals surface area contributed by atoms with Crippen molar-refractivity contribution in [1.29, 1.82) is 0 Å². The van der Waals surface area contributed by atoms with Gasteiger partial charge in [0, 0.05) is 25.1 Å². The van der Waals surface area contributed by atoms with Crippen LogP contribution in [0.4, 0.5) is 0 Å². The molecule has 3 aromatic rings. The van der Waals surface area contributed by atoms with Crippen LogP contribution in [0.5, 0.6) is 11.5 Å². The fourth-order valence-corrected chi connectivity index (χ4v) is 4.79. The van der Waals surface area contributed by atoms with Crippen molar-refractivity contribution in [2.45, 2.75) is 91.2 Å². The third kappa shape index (κ3) is 8.43. The molecule has 0 saturated carbocycles. The van der Waals surface area contributed by atoms with E-state index >= 15 is 0 Å². The minimum absolute atomic E-state index is 0.00105. The van der Waals surface area contributed by atoms with Gasteiger partial charge < -0.3 is 19.5 Å². The van der Waals surface area contributed by atoms with Gasteiger partial charge in [0.05, 0.1) is 7.11 Å². The van der Waals surface area contributed by atoms with Crippen LogP contribution in [0, 0.1) is 0 Å². The van der Waals surface area contributed by atoms with Gasteiger partial charge in [0.1, 0.15) is 12.1 Å². The van der Waals surface area contributed by atoms with Gasteiger partial charge in [-0.15, -0.1) is 0 Å². The maximum absolute atomic E-state index is 13.3. The normalized spacial score (nSPS) is 13.2. The molecular formula is C35H44N2O6. The maximum Gasteiger partial charge on any atom is 0.328 e. The first-order chi connectivity index (χ1) is 20.0. The molecular weight excluding hydrogens is 544 g/mol. The average Bonchev–Trinajstić information content (AvgIpc) is 2.92. The molecule has 0 bridgehead atoms. The zero-order valence-corrected chi connectivity index (χ0v) is 26.9. The summed E-state index contributed by atoms with van der Waals surface area (Å²) in [6.45, 7) is 17.6. The molecule has 0 aliphatic rings. The summed E-state index contributed by atoms with van der Waals surface area (Å²) in [5, 5.41) is 2.61. The highest BCUT2D eigenvalue weighted by molar-refractivity contribution is 5.98. The van der Waals surface area contributed by atoms with Crippen LogP contribution >= 0.6 is 0 Å². The monoisotopic (exact) mass is 588 g/mol. The lowest BCUT2D eigenvalue weighted by atomic mass is 9.81. The van der Waals surface area contributed by atoms with Gasteiger partial charge in [-0.05, 0) is 46.9 Å². The molecule has 1 amide bonds. The fourth-order valence-electron chi connectivity index (χ4n) is 4.79. The van der Waals surface area contributed by atoms with Crippen molar-refractivity contribution in [3.63, 3.8) is 0 Å². The smallest absolute Gasteiger partial charge is 0.328 e. The van der Waals surface area contributed by atoms with E-state index in [1.807, 2.05) is 6.92 Å². The number of methoxy groups -OCH3 is 1. The molecule has 0 aliphatic heterocycles. The van der Waals surface area contributed by atoms with Crippen molar-refractivity contribution >= 4 is 17.8 Å². The molecule has 1 N–H and O–H groups in total. The largest absolute Gasteiger partial charge is 0.493 e. The summed E-state index contributed by atoms with van der Waals surface area (Å²) < 4.78 is 16.4. The molecule has 3 rings (SSSR count). The van der Waals surface area contributed by atoms with E-state index in [2.05, 4.69) is 100 Å². The first-order valence-electron chi connectivity index (χ1n) is 14.5. The zero-order chi connectivity index (χ0) is 32.1. The Balaban J connectivity index is 1.86. The van der Waals surface area contributed by atoms with E-state index in [9.17, 15) is 14.4 Å². The molecule has 2 aromatic carbocycles. The van der Waals surface area contributed by atoms with E-state index < -0.39 is 30.0 Å². The Morgan fingerprint density at radius 3 is 1.70 bits per heavy atom. The van der Waals surface area contributed by atoms with E-state index in [-0.39, 0.29) is 33.9 Å². The summed E-state index contributed by atoms with van der Waals surface area (Å²) in [6.07, 6.45) is 0.797. The lowest BCUT2D eigenvalue weighted by Crippen LogP contribution is -2.41. The number of nitrogens with one attached hydrogen (secondary N) is 1. The van der Waals surface area contributed by atoms with Crippen LogP contribution in [0.2, 0.25) is 0 Å². The summed E-state index contributed by atoms with van der Waals surface area (Å²) in [4.78, 5) is 42.0. The number of amides is 1. The molecule has 0 unspecified atom stereocenters. The van der Waals surface area contributed by atoms with E-state index in [1.54, 1.807) is 0 Å². The van der Waals surface area contributed by atoms with Gasteiger partial charge in [-0.3, -0.25) is 9.59 Å². The van der Waals surface area contributed by atoms with Gasteiger partial charge >= 0.3 is 11.9 Å². The van der Waals surface area contributed by atoms with Crippen LogP contribution in [0.3, 0.4) is 0 Å². The number of hydrogen-bond donors (Lipinski definition) is 1. The number of aromatic nitrogens is 1. The number of pyridine rings is 1. The predicted molar refractivity (Wildman–Crippen MR) is 167 cm³/mol. The summed E-state index contributed by atoms with van der Waals surface area (Å²) in [7, 11) is 1.38. The maximum atomic E-state index is 13.3. The minimum Gasteiger partial charge on any atom is -0.493 e. The van der Waals surface area contributed by atoms with Gasteiger partial charge in [0.25, 0.3) is 5.91 Å². The number of nitrogens with zero attached hydrogens (tertiary/aromatic N) is 1. The summed E-state index contributed by atoms with van der Waals surface area (Å²) in [5.41, 5.74) is 4.26. The molecule has 0 aliphatic carbocycles. The van der Waals surface area contributed by atoms with Crippen LogP contribution in [-0.2, 0) is 25.2 Å². The molecule has 0 radical (unpaired) electrons. The Bertz CT molecular complexity index is 1380. The molecule has 1 heterocycles. The van der Waals surface area contributed by atoms with Gasteiger partial charge in [-0.2, -0.15) is 0 Å². The molecule has 0 saturated heterocycles. The summed E-state index contributed by atoms with van der Waals surface area (Å²) in [6, 6.07) is 17.3. The average molecular weight is 589 g/mol. The Labute approximate surface area is 255 Å². The number of carbonyl (C=O) groups excluding carboxylic acids is 3. The van der Waals surface area contributed by atoms with Gasteiger partial charge in [0.2, 0.25) is 5.75 Å². The van der Waals surface area contributed by atoms with Gasteiger partial charge in [-0.1, -0.05) is 90.1 Å². The Morgan fingerprint density at radius 1 is 0.791 bits per heavy atom. The number of esters is 2. The molecule has 0 fully saturated rings. The molecule has 43 heavy (non-hydrogen) atoms. The van der Waals surface area contributed by atoms with Crippen LogP contribution in [-0.4, -0.2) is 42.1 Å². The lowest BCUT2D eigenvalue weighted by molar-refractivity contribution is -0.150. The molecule has 8 heteroatoms. The highest BCUT2D eigenvalue weighted by Crippen LogP contribution is 2.34. The van der Waals surface area contributed by atoms with Crippen molar-refractivity contribution in [2.24, 2.45) is 0 Å². The van der Waals surface area contributed by atoms with Crippen molar-refractivity contribution in [3.05, 3.63) is 88.7 Å². The van der Waals surface area contributed by atoms with E-state index in [1.165, 1.54) is 44.3 Å². The Kier molecular flexibility index (Phi) is 10.4. The highest BCUT2D eigenvalue weighted by atomic mass is 16.6. The number of hydrogen-bond acceptors (Lipinski definition) is 7. The van der Waals surface area contributed by atoms with Crippen molar-refractivity contribution in [3.8, 4) is 11.5 Å². The van der Waals surface area contributed by atoms with E-state index in [0.717, 1.165) is 11.1 Å². The first-order valence-corrected chi connectivity index (χ1v) is 14.5. The molecule has 0 spiro atoms. The SMILES string of the molecule is COc1ccnc(C(=O)N[C@@H](C)C(=O)O[C@@H](C)C(c2ccc(C(C)(C)C)cc2)c2ccc(C(C)(C)C)cc2)c1OC(C)=O. The van der Waals surface area contributed by atoms with Gasteiger partial charge in [0.15, 0.2) is 11.4 Å². The standard InChI is InChI=1S/C35H44N2O6/c1-21(37-32(39)30-31(43-23(3)38)28(41-10)19-20-36-30)33(40)42-22(2)29(24-11-15-26(16-12-24)34(4,5)6)25-13-17-27(18-14-25)35(7,8)9/h11-22,29H,1-10H3,(H,37,39)/t21-,22-/m0/s1. The van der Waals surface area contributed by atoms with Crippen molar-refractivity contribution in [1.82, 2.24) is 10.3 Å². The predicted octanol–water partition coefficient (Wildman–Crippen LogP) is 6.49. The number of rotatable bonds is 9. The first kappa shape index (κ1) is 33.3. The molecule has 8 nitrogen and oxygen atoms in total. The number of benzene rings is 2. The van der Waals surface area contributed by atoms with Crippen LogP contribution in [0.1, 0.15) is 101 Å². The summed E-state index contributed by atoms with van der Waals surface area (Å²) in [5.74, 6) is -2.16. The Morgan fingerprint density at radius 2 is 1.28 bits per heavy atom. The number of ether oxygens (including phenoxy) is 3. The molecule has 2 atom stereocenters. The molecule has 1 aromatic heterocycles. The second kappa shape index (κ2) is 13.4. The van der Waals surface area contributed by atoms with Crippen molar-refractivity contribution in [2.75, 3.05) is 7.11 Å². The van der Waals surface area contributed by atoms with Crippen LogP contribution < -0.4 is 14.8 Å². The van der Waals surface area contributed by atoms with Gasteiger partial charge in [-0.25, -0.2) is 9.78 Å². The van der Waals surface area contributed by atoms with Crippen LogP contribution in [0.25, 0.3) is 0 Å². The van der Waals surface area contributed by atoms with E-state index in [4.69, 9.17) is 14.2 Å². The third-order valence-electron chi connectivity index (χ3n) is 7.29. The highest BCUT2D eigenvalue weighted by Gasteiger charge is 2.30. The third-order valence-corrected chi connectivity index (χ3v) is 7.29. The van der Waals surface area contributed by atoms with Crippen LogP contribution in [0.15, 0.2) is 60.8 Å².